The summed E-state index contributed by atoms with van der Waals surface area (Å²) in [6.45, 7) is 14.2. The van der Waals surface area contributed by atoms with Crippen LogP contribution in [0.1, 0.15) is 67.7 Å². The zero-order chi connectivity index (χ0) is 15.6. The number of rotatable bonds is 6. The Morgan fingerprint density at radius 2 is 1.79 bits per heavy atom. The second-order valence-electron chi connectivity index (χ2n) is 5.96. The van der Waals surface area contributed by atoms with Crippen LogP contribution in [0.4, 0.5) is 0 Å². The summed E-state index contributed by atoms with van der Waals surface area (Å²) < 4.78 is 0. The van der Waals surface area contributed by atoms with Crippen LogP contribution in [0, 0.1) is 11.3 Å². The number of carboxylic acid groups (broad SMARTS) is 1. The van der Waals surface area contributed by atoms with Crippen molar-refractivity contribution in [3.05, 3.63) is 0 Å². The van der Waals surface area contributed by atoms with Crippen molar-refractivity contribution in [1.29, 1.82) is 0 Å². The molecule has 0 heterocycles. The summed E-state index contributed by atoms with van der Waals surface area (Å²) in [4.78, 5) is 15.2. The van der Waals surface area contributed by atoms with E-state index in [0.29, 0.717) is 24.6 Å². The third-order valence-electron chi connectivity index (χ3n) is 2.64. The van der Waals surface area contributed by atoms with Crippen molar-refractivity contribution >= 4 is 11.8 Å². The Labute approximate surface area is 118 Å². The molecule has 2 unspecified atom stereocenters. The minimum Gasteiger partial charge on any atom is -0.480 e. The fourth-order valence-corrected chi connectivity index (χ4v) is 1.55. The van der Waals surface area contributed by atoms with Crippen LogP contribution in [0.15, 0.2) is 4.99 Å². The summed E-state index contributed by atoms with van der Waals surface area (Å²) >= 11 is 0. The van der Waals surface area contributed by atoms with E-state index in [9.17, 15) is 4.79 Å². The van der Waals surface area contributed by atoms with E-state index in [1.165, 1.54) is 0 Å². The highest BCUT2D eigenvalue weighted by Crippen LogP contribution is 2.19. The number of nitrogens with zero attached hydrogens (tertiary/aromatic N) is 1. The van der Waals surface area contributed by atoms with E-state index in [4.69, 9.17) is 10.8 Å². The molecule has 19 heavy (non-hydrogen) atoms. The smallest absolute Gasteiger partial charge is 0.328 e. The molecule has 0 aromatic heterocycles. The topological polar surface area (TPSA) is 75.7 Å². The quantitative estimate of drug-likeness (QED) is 0.572. The molecule has 114 valence electrons. The zero-order valence-corrected chi connectivity index (χ0v) is 13.7. The second kappa shape index (κ2) is 9.82. The van der Waals surface area contributed by atoms with Gasteiger partial charge in [-0.05, 0) is 17.8 Å². The number of hydrogen-bond donors (Lipinski definition) is 2. The van der Waals surface area contributed by atoms with Crippen LogP contribution in [-0.4, -0.2) is 23.0 Å². The molecule has 0 radical (unpaired) electrons. The Balaban J connectivity index is 0. The summed E-state index contributed by atoms with van der Waals surface area (Å²) in [6.07, 6.45) is 2.13. The van der Waals surface area contributed by atoms with Crippen molar-refractivity contribution in [2.45, 2.75) is 73.8 Å². The fourth-order valence-electron chi connectivity index (χ4n) is 1.55. The first kappa shape index (κ1) is 20.3. The van der Waals surface area contributed by atoms with Gasteiger partial charge in [-0.15, -0.1) is 0 Å². The molecule has 4 heteroatoms. The zero-order valence-electron chi connectivity index (χ0n) is 13.7. The molecule has 0 aromatic carbocycles. The van der Waals surface area contributed by atoms with Gasteiger partial charge in [-0.1, -0.05) is 54.9 Å². The number of aliphatic carboxylic acids is 1. The van der Waals surface area contributed by atoms with Gasteiger partial charge in [0.1, 0.15) is 6.04 Å². The van der Waals surface area contributed by atoms with Crippen LogP contribution in [0.3, 0.4) is 0 Å². The summed E-state index contributed by atoms with van der Waals surface area (Å²) in [5.74, 6) is -0.0994. The number of carboxylic acids is 1. The lowest BCUT2D eigenvalue weighted by molar-refractivity contribution is -0.138. The molecular weight excluding hydrogens is 240 g/mol. The number of aliphatic imine (C=N–C) groups is 1. The van der Waals surface area contributed by atoms with Gasteiger partial charge < -0.3 is 10.8 Å². The Hall–Kier alpha value is -1.06. The Bertz CT molecular complexity index is 280. The number of nitrogens with two attached hydrogens (primary N) is 1. The molecule has 0 aliphatic rings. The highest BCUT2D eigenvalue weighted by Gasteiger charge is 2.20. The fraction of sp³-hybridized carbons (Fsp3) is 0.867. The Morgan fingerprint density at radius 3 is 2.11 bits per heavy atom. The molecule has 0 rings (SSSR count). The lowest BCUT2D eigenvalue weighted by Gasteiger charge is -2.19. The van der Waals surface area contributed by atoms with E-state index in [2.05, 4.69) is 25.8 Å². The predicted octanol–water partition coefficient (Wildman–Crippen LogP) is 3.70. The third-order valence-corrected chi connectivity index (χ3v) is 2.64. The van der Waals surface area contributed by atoms with Gasteiger partial charge in [0.25, 0.3) is 0 Å². The molecule has 0 saturated heterocycles. The average molecular weight is 272 g/mol. The maximum absolute atomic E-state index is 11.1. The summed E-state index contributed by atoms with van der Waals surface area (Å²) in [6, 6.07) is -0.702. The monoisotopic (exact) mass is 272 g/mol. The number of carbonyl (C=O) groups is 1. The minimum absolute atomic E-state index is 0.0347. The summed E-state index contributed by atoms with van der Waals surface area (Å²) in [5.41, 5.74) is 5.84. The first-order valence-corrected chi connectivity index (χ1v) is 7.20. The molecule has 0 aliphatic heterocycles. The van der Waals surface area contributed by atoms with Gasteiger partial charge in [0.2, 0.25) is 0 Å². The number of amidine groups is 1. The van der Waals surface area contributed by atoms with Crippen LogP contribution in [-0.2, 0) is 4.79 Å². The van der Waals surface area contributed by atoms with Crippen LogP contribution < -0.4 is 5.73 Å². The predicted molar refractivity (Wildman–Crippen MR) is 82.5 cm³/mol. The van der Waals surface area contributed by atoms with Crippen molar-refractivity contribution in [3.8, 4) is 0 Å². The second-order valence-corrected chi connectivity index (χ2v) is 5.96. The molecule has 0 aliphatic carbocycles. The van der Waals surface area contributed by atoms with Crippen LogP contribution in [0.5, 0.6) is 0 Å². The first-order chi connectivity index (χ1) is 8.65. The van der Waals surface area contributed by atoms with Crippen molar-refractivity contribution in [2.24, 2.45) is 22.1 Å². The van der Waals surface area contributed by atoms with Crippen molar-refractivity contribution in [3.63, 3.8) is 0 Å². The highest BCUT2D eigenvalue weighted by atomic mass is 16.4. The molecule has 0 amide bonds. The van der Waals surface area contributed by atoms with E-state index >= 15 is 0 Å². The third kappa shape index (κ3) is 11.7. The minimum atomic E-state index is -0.887. The van der Waals surface area contributed by atoms with Gasteiger partial charge >= 0.3 is 5.97 Å². The molecule has 0 aromatic rings. The summed E-state index contributed by atoms with van der Waals surface area (Å²) in [5, 5.41) is 9.10. The highest BCUT2D eigenvalue weighted by molar-refractivity contribution is 5.84. The van der Waals surface area contributed by atoms with Crippen molar-refractivity contribution in [2.75, 3.05) is 0 Å². The molecule has 0 bridgehead atoms. The first-order valence-electron chi connectivity index (χ1n) is 7.20. The van der Waals surface area contributed by atoms with Crippen LogP contribution >= 0.6 is 0 Å². The number of hydrogen-bond acceptors (Lipinski definition) is 2. The van der Waals surface area contributed by atoms with E-state index in [0.717, 1.165) is 6.42 Å². The standard InChI is InChI=1S/C13H26N2O2.C2H6/c1-6-9(2)7-10(12(16)17)15-11(14)8-13(3,4)5;1-2/h9-10H,6-8H2,1-5H3,(H2,14,15)(H,16,17);1-2H3. The van der Waals surface area contributed by atoms with Gasteiger partial charge in [-0.3, -0.25) is 4.99 Å². The van der Waals surface area contributed by atoms with E-state index < -0.39 is 12.0 Å². The Kier molecular flexibility index (Phi) is 10.5. The SMILES string of the molecule is CC.CCC(C)CC(N=C(N)CC(C)(C)C)C(=O)O. The lowest BCUT2D eigenvalue weighted by atomic mass is 9.91. The molecule has 0 fully saturated rings. The molecule has 4 nitrogen and oxygen atoms in total. The van der Waals surface area contributed by atoms with E-state index in [-0.39, 0.29) is 5.41 Å². The largest absolute Gasteiger partial charge is 0.480 e. The van der Waals surface area contributed by atoms with Gasteiger partial charge in [0.15, 0.2) is 0 Å². The van der Waals surface area contributed by atoms with E-state index in [1.807, 2.05) is 27.7 Å². The van der Waals surface area contributed by atoms with E-state index in [1.54, 1.807) is 0 Å². The lowest BCUT2D eigenvalue weighted by Crippen LogP contribution is -2.27. The van der Waals surface area contributed by atoms with Crippen LogP contribution in [0.2, 0.25) is 0 Å². The molecule has 3 N–H and O–H groups in total. The van der Waals surface area contributed by atoms with Gasteiger partial charge in [0.05, 0.1) is 5.84 Å². The Morgan fingerprint density at radius 1 is 1.32 bits per heavy atom. The maximum atomic E-state index is 11.1. The average Bonchev–Trinajstić information content (AvgIpc) is 2.28. The molecule has 2 atom stereocenters. The summed E-state index contributed by atoms with van der Waals surface area (Å²) in [7, 11) is 0. The van der Waals surface area contributed by atoms with Gasteiger partial charge in [0, 0.05) is 6.42 Å². The van der Waals surface area contributed by atoms with Crippen molar-refractivity contribution in [1.82, 2.24) is 0 Å². The van der Waals surface area contributed by atoms with Gasteiger partial charge in [-0.25, -0.2) is 4.79 Å². The van der Waals surface area contributed by atoms with Crippen LogP contribution in [0.25, 0.3) is 0 Å². The molecule has 0 spiro atoms. The molecular formula is C15H32N2O2. The molecule has 0 saturated carbocycles. The maximum Gasteiger partial charge on any atom is 0.328 e. The van der Waals surface area contributed by atoms with Gasteiger partial charge in [-0.2, -0.15) is 0 Å². The normalized spacial score (nSPS) is 15.2. The van der Waals surface area contributed by atoms with Crippen molar-refractivity contribution < 1.29 is 9.90 Å².